The molecule has 3 N–H and O–H groups in total. The maximum atomic E-state index is 12.8. The van der Waals surface area contributed by atoms with Gasteiger partial charge >= 0.3 is 0 Å². The van der Waals surface area contributed by atoms with E-state index in [2.05, 4.69) is 16.0 Å². The van der Waals surface area contributed by atoms with Gasteiger partial charge < -0.3 is 16.0 Å². The first kappa shape index (κ1) is 21.9. The summed E-state index contributed by atoms with van der Waals surface area (Å²) in [4.78, 5) is 25.2. The summed E-state index contributed by atoms with van der Waals surface area (Å²) in [7, 11) is 0. The zero-order chi connectivity index (χ0) is 18.9. The lowest BCUT2D eigenvalue weighted by Crippen LogP contribution is -2.45. The summed E-state index contributed by atoms with van der Waals surface area (Å²) in [5.74, 6) is 0.299. The molecule has 1 aliphatic rings. The lowest BCUT2D eigenvalue weighted by atomic mass is 10.0. The van der Waals surface area contributed by atoms with Gasteiger partial charge in [-0.1, -0.05) is 48.5 Å². The average Bonchev–Trinajstić information content (AvgIpc) is 3.21. The van der Waals surface area contributed by atoms with E-state index in [0.29, 0.717) is 18.8 Å². The highest BCUT2D eigenvalue weighted by molar-refractivity contribution is 5.97. The van der Waals surface area contributed by atoms with Gasteiger partial charge in [-0.3, -0.25) is 9.59 Å². The maximum Gasteiger partial charge on any atom is 0.247 e. The van der Waals surface area contributed by atoms with Gasteiger partial charge in [0.15, 0.2) is 0 Å². The molecule has 3 rings (SSSR count). The van der Waals surface area contributed by atoms with Crippen molar-refractivity contribution >= 4 is 29.9 Å². The van der Waals surface area contributed by atoms with Crippen LogP contribution in [0.2, 0.25) is 0 Å². The number of nitrogens with one attached hydrogen (secondary N) is 3. The number of halogens is 1. The molecule has 28 heavy (non-hydrogen) atoms. The van der Waals surface area contributed by atoms with E-state index in [0.717, 1.165) is 37.2 Å². The van der Waals surface area contributed by atoms with Gasteiger partial charge in [0.2, 0.25) is 11.8 Å². The van der Waals surface area contributed by atoms with Gasteiger partial charge in [-0.2, -0.15) is 0 Å². The van der Waals surface area contributed by atoms with E-state index in [1.807, 2.05) is 60.7 Å². The second-order valence-corrected chi connectivity index (χ2v) is 7.06. The highest BCUT2D eigenvalue weighted by Gasteiger charge is 2.22. The van der Waals surface area contributed by atoms with E-state index >= 15 is 0 Å². The topological polar surface area (TPSA) is 70.2 Å². The Kier molecular flexibility index (Phi) is 8.98. The van der Waals surface area contributed by atoms with E-state index in [9.17, 15) is 9.59 Å². The van der Waals surface area contributed by atoms with Crippen molar-refractivity contribution in [2.24, 2.45) is 5.92 Å². The molecule has 0 saturated carbocycles. The van der Waals surface area contributed by atoms with E-state index in [4.69, 9.17) is 0 Å². The van der Waals surface area contributed by atoms with Crippen LogP contribution in [0, 0.1) is 5.92 Å². The number of hydrogen-bond donors (Lipinski definition) is 3. The first-order valence-corrected chi connectivity index (χ1v) is 9.60. The van der Waals surface area contributed by atoms with Crippen LogP contribution in [0.1, 0.15) is 24.8 Å². The minimum atomic E-state index is -0.596. The van der Waals surface area contributed by atoms with Crippen molar-refractivity contribution in [3.63, 3.8) is 0 Å². The third-order valence-corrected chi connectivity index (χ3v) is 4.92. The fraction of sp³-hybridized carbons (Fsp3) is 0.364. The Morgan fingerprint density at radius 2 is 1.71 bits per heavy atom. The number of amides is 2. The molecule has 2 atom stereocenters. The molecule has 2 aromatic carbocycles. The molecule has 1 fully saturated rings. The van der Waals surface area contributed by atoms with E-state index in [-0.39, 0.29) is 24.2 Å². The Bertz CT molecular complexity index is 734. The molecule has 0 bridgehead atoms. The summed E-state index contributed by atoms with van der Waals surface area (Å²) in [6, 6.07) is 18.5. The van der Waals surface area contributed by atoms with Gasteiger partial charge in [0, 0.05) is 18.5 Å². The molecule has 5 nitrogen and oxygen atoms in total. The Labute approximate surface area is 172 Å². The summed E-state index contributed by atoms with van der Waals surface area (Å²) < 4.78 is 0. The lowest BCUT2D eigenvalue weighted by molar-refractivity contribution is -0.126. The molecule has 2 amide bonds. The zero-order valence-corrected chi connectivity index (χ0v) is 16.7. The van der Waals surface area contributed by atoms with Crippen LogP contribution in [0.4, 0.5) is 5.69 Å². The van der Waals surface area contributed by atoms with Crippen LogP contribution >= 0.6 is 12.4 Å². The molecule has 1 heterocycles. The van der Waals surface area contributed by atoms with Gasteiger partial charge in [0.25, 0.3) is 0 Å². The van der Waals surface area contributed by atoms with E-state index in [1.165, 1.54) is 0 Å². The highest BCUT2D eigenvalue weighted by atomic mass is 35.5. The van der Waals surface area contributed by atoms with Crippen molar-refractivity contribution in [1.82, 2.24) is 10.6 Å². The van der Waals surface area contributed by atoms with Crippen molar-refractivity contribution in [3.05, 3.63) is 66.2 Å². The van der Waals surface area contributed by atoms with Crippen LogP contribution in [-0.2, 0) is 16.0 Å². The van der Waals surface area contributed by atoms with Crippen LogP contribution < -0.4 is 16.0 Å². The first-order chi connectivity index (χ1) is 13.2. The van der Waals surface area contributed by atoms with Gasteiger partial charge in [0.1, 0.15) is 6.04 Å². The minimum absolute atomic E-state index is 0. The van der Waals surface area contributed by atoms with Crippen LogP contribution in [0.15, 0.2) is 60.7 Å². The molecule has 1 aliphatic heterocycles. The average molecular weight is 402 g/mol. The second-order valence-electron chi connectivity index (χ2n) is 7.06. The molecule has 2 unspecified atom stereocenters. The summed E-state index contributed by atoms with van der Waals surface area (Å²) in [6.45, 7) is 2.01. The third kappa shape index (κ3) is 6.98. The number of para-hydroxylation sites is 1. The van der Waals surface area contributed by atoms with Gasteiger partial charge in [-0.05, 0) is 49.5 Å². The standard InChI is InChI=1S/C22H27N3O2.ClH/c26-21(12-11-18-13-14-23-16-18)25-20(15-17-7-3-1-4-8-17)22(27)24-19-9-5-2-6-10-19;/h1-10,18,20,23H,11-16H2,(H,24,27)(H,25,26);1H. The van der Waals surface area contributed by atoms with E-state index < -0.39 is 6.04 Å². The molecule has 0 spiro atoms. The van der Waals surface area contributed by atoms with Crippen LogP contribution in [-0.4, -0.2) is 30.9 Å². The first-order valence-electron chi connectivity index (χ1n) is 9.60. The number of rotatable bonds is 8. The number of anilines is 1. The molecule has 2 aromatic rings. The molecule has 1 saturated heterocycles. The van der Waals surface area contributed by atoms with Crippen LogP contribution in [0.5, 0.6) is 0 Å². The molecule has 0 aromatic heterocycles. The smallest absolute Gasteiger partial charge is 0.247 e. The Balaban J connectivity index is 0.00000280. The SMILES string of the molecule is Cl.O=C(CCC1CCNC1)NC(Cc1ccccc1)C(=O)Nc1ccccc1. The fourth-order valence-corrected chi connectivity index (χ4v) is 3.37. The highest BCUT2D eigenvalue weighted by Crippen LogP contribution is 2.14. The molecule has 0 aliphatic carbocycles. The number of hydrogen-bond acceptors (Lipinski definition) is 3. The summed E-state index contributed by atoms with van der Waals surface area (Å²) in [5.41, 5.74) is 1.75. The monoisotopic (exact) mass is 401 g/mol. The lowest BCUT2D eigenvalue weighted by Gasteiger charge is -2.19. The Morgan fingerprint density at radius 3 is 2.36 bits per heavy atom. The van der Waals surface area contributed by atoms with Crippen molar-refractivity contribution < 1.29 is 9.59 Å². The predicted octanol–water partition coefficient (Wildman–Crippen LogP) is 3.16. The van der Waals surface area contributed by atoms with Crippen molar-refractivity contribution in [3.8, 4) is 0 Å². The number of carbonyl (C=O) groups excluding carboxylic acids is 2. The normalized spacial score (nSPS) is 16.6. The second kappa shape index (κ2) is 11.5. The molecular formula is C22H28ClN3O2. The van der Waals surface area contributed by atoms with Gasteiger partial charge in [-0.25, -0.2) is 0 Å². The van der Waals surface area contributed by atoms with E-state index in [1.54, 1.807) is 0 Å². The quantitative estimate of drug-likeness (QED) is 0.636. The van der Waals surface area contributed by atoms with Crippen molar-refractivity contribution in [1.29, 1.82) is 0 Å². The molecular weight excluding hydrogens is 374 g/mol. The van der Waals surface area contributed by atoms with Crippen LogP contribution in [0.3, 0.4) is 0 Å². The van der Waals surface area contributed by atoms with Gasteiger partial charge in [0.05, 0.1) is 0 Å². The number of benzene rings is 2. The van der Waals surface area contributed by atoms with Crippen molar-refractivity contribution in [2.45, 2.75) is 31.7 Å². The fourth-order valence-electron chi connectivity index (χ4n) is 3.37. The zero-order valence-electron chi connectivity index (χ0n) is 15.9. The van der Waals surface area contributed by atoms with Crippen molar-refractivity contribution in [2.75, 3.05) is 18.4 Å². The molecule has 6 heteroatoms. The van der Waals surface area contributed by atoms with Gasteiger partial charge in [-0.15, -0.1) is 12.4 Å². The largest absolute Gasteiger partial charge is 0.344 e. The predicted molar refractivity (Wildman–Crippen MR) is 115 cm³/mol. The summed E-state index contributed by atoms with van der Waals surface area (Å²) in [5, 5.41) is 9.16. The number of carbonyl (C=O) groups is 2. The maximum absolute atomic E-state index is 12.8. The third-order valence-electron chi connectivity index (χ3n) is 4.92. The molecule has 0 radical (unpaired) electrons. The molecule has 150 valence electrons. The van der Waals surface area contributed by atoms with Crippen LogP contribution in [0.25, 0.3) is 0 Å². The summed E-state index contributed by atoms with van der Waals surface area (Å²) in [6.07, 6.45) is 2.90. The Hall–Kier alpha value is -2.37. The summed E-state index contributed by atoms with van der Waals surface area (Å²) >= 11 is 0. The Morgan fingerprint density at radius 1 is 1.04 bits per heavy atom. The minimum Gasteiger partial charge on any atom is -0.344 e.